The van der Waals surface area contributed by atoms with E-state index in [4.69, 9.17) is 14.9 Å². The third-order valence-electron chi connectivity index (χ3n) is 6.23. The molecule has 1 atom stereocenters. The van der Waals surface area contributed by atoms with Crippen molar-refractivity contribution in [3.8, 4) is 11.6 Å². The Morgan fingerprint density at radius 2 is 2.00 bits per heavy atom. The Morgan fingerprint density at radius 3 is 2.71 bits per heavy atom. The largest absolute Gasteiger partial charge is 0.461 e. The number of rotatable bonds is 6. The molecule has 5 heterocycles. The highest BCUT2D eigenvalue weighted by molar-refractivity contribution is 5.94. The number of anilines is 1. The molecule has 172 valence electrons. The first-order valence-electron chi connectivity index (χ1n) is 10.9. The van der Waals surface area contributed by atoms with Gasteiger partial charge in [-0.3, -0.25) is 4.79 Å². The molecule has 0 aliphatic carbocycles. The number of aromatic nitrogens is 6. The van der Waals surface area contributed by atoms with Gasteiger partial charge in [-0.2, -0.15) is 14.6 Å². The topological polar surface area (TPSA) is 138 Å². The van der Waals surface area contributed by atoms with Crippen LogP contribution in [0.3, 0.4) is 0 Å². The van der Waals surface area contributed by atoms with Crippen LogP contribution in [0, 0.1) is 5.92 Å². The molecule has 3 N–H and O–H groups in total. The van der Waals surface area contributed by atoms with Crippen molar-refractivity contribution in [2.45, 2.75) is 12.5 Å². The lowest BCUT2D eigenvalue weighted by atomic mass is 9.90. The molecule has 11 nitrogen and oxygen atoms in total. The van der Waals surface area contributed by atoms with Crippen LogP contribution >= 0.6 is 0 Å². The van der Waals surface area contributed by atoms with Gasteiger partial charge >= 0.3 is 0 Å². The second-order valence-electron chi connectivity index (χ2n) is 8.46. The van der Waals surface area contributed by atoms with Crippen LogP contribution in [0.5, 0.6) is 0 Å². The maximum atomic E-state index is 13.6. The number of fused-ring (bicyclic) bond motifs is 3. The van der Waals surface area contributed by atoms with E-state index < -0.39 is 5.54 Å². The number of nitrogen functional groups attached to an aromatic ring is 1. The molecule has 0 saturated carbocycles. The van der Waals surface area contributed by atoms with Gasteiger partial charge in [0.25, 0.3) is 5.91 Å². The molecule has 1 aliphatic heterocycles. The van der Waals surface area contributed by atoms with E-state index in [1.54, 1.807) is 29.3 Å². The second kappa shape index (κ2) is 7.66. The Kier molecular flexibility index (Phi) is 4.59. The quantitative estimate of drug-likeness (QED) is 0.393. The normalized spacial score (nSPS) is 15.9. The Bertz CT molecular complexity index is 1490. The lowest BCUT2D eigenvalue weighted by Gasteiger charge is -2.32. The van der Waals surface area contributed by atoms with Crippen LogP contribution in [-0.2, 0) is 15.1 Å². The van der Waals surface area contributed by atoms with Crippen molar-refractivity contribution in [3.05, 3.63) is 60.5 Å². The predicted octanol–water partition coefficient (Wildman–Crippen LogP) is 1.84. The van der Waals surface area contributed by atoms with Crippen molar-refractivity contribution in [1.82, 2.24) is 34.7 Å². The Hall–Kier alpha value is -4.25. The first-order valence-corrected chi connectivity index (χ1v) is 10.9. The standard InChI is InChI=1S/C23H22N8O3/c1-23(15-6-3-2-4-7-15,21(32)25-10-14-12-33-13-14)31-20-16(11-26-31)19-27-18(17-8-5-9-34-17)29-30(19)22(24)28-20/h2-9,11,14H,10,12-13H2,1H3,(H2,24,28)(H,25,32). The van der Waals surface area contributed by atoms with Crippen molar-refractivity contribution in [2.75, 3.05) is 25.5 Å². The lowest BCUT2D eigenvalue weighted by molar-refractivity contribution is -0.128. The Morgan fingerprint density at radius 1 is 1.18 bits per heavy atom. The second-order valence-corrected chi connectivity index (χ2v) is 8.46. The summed E-state index contributed by atoms with van der Waals surface area (Å²) in [5, 5.41) is 12.7. The zero-order valence-corrected chi connectivity index (χ0v) is 18.4. The van der Waals surface area contributed by atoms with Crippen molar-refractivity contribution in [3.63, 3.8) is 0 Å². The number of hydrogen-bond acceptors (Lipinski definition) is 8. The fraction of sp³-hybridized carbons (Fsp3) is 0.261. The van der Waals surface area contributed by atoms with Gasteiger partial charge in [-0.25, -0.2) is 9.67 Å². The molecule has 5 aromatic rings. The van der Waals surface area contributed by atoms with Crippen LogP contribution < -0.4 is 11.1 Å². The molecule has 1 aliphatic rings. The summed E-state index contributed by atoms with van der Waals surface area (Å²) in [7, 11) is 0. The van der Waals surface area contributed by atoms with Gasteiger partial charge in [0.15, 0.2) is 22.6 Å². The van der Waals surface area contributed by atoms with Gasteiger partial charge in [0.2, 0.25) is 11.8 Å². The van der Waals surface area contributed by atoms with Crippen LogP contribution in [0.4, 0.5) is 5.95 Å². The number of benzene rings is 1. The van der Waals surface area contributed by atoms with Crippen molar-refractivity contribution in [2.24, 2.45) is 5.92 Å². The van der Waals surface area contributed by atoms with Crippen molar-refractivity contribution < 1.29 is 13.9 Å². The summed E-state index contributed by atoms with van der Waals surface area (Å²) in [4.78, 5) is 22.8. The summed E-state index contributed by atoms with van der Waals surface area (Å²) in [6.07, 6.45) is 3.18. The lowest BCUT2D eigenvalue weighted by Crippen LogP contribution is -2.50. The van der Waals surface area contributed by atoms with Crippen LogP contribution in [0.25, 0.3) is 28.3 Å². The highest BCUT2D eigenvalue weighted by Gasteiger charge is 2.40. The molecule has 11 heteroatoms. The monoisotopic (exact) mass is 458 g/mol. The molecule has 1 unspecified atom stereocenters. The van der Waals surface area contributed by atoms with Gasteiger partial charge in [0.1, 0.15) is 0 Å². The van der Waals surface area contributed by atoms with Gasteiger partial charge in [0, 0.05) is 12.5 Å². The average molecular weight is 458 g/mol. The third kappa shape index (κ3) is 3.05. The number of furan rings is 1. The van der Waals surface area contributed by atoms with E-state index in [9.17, 15) is 4.79 Å². The SMILES string of the molecule is CC(C(=O)NCC1COC1)(c1ccccc1)n1ncc2c1nc(N)n1nc(-c3ccco3)nc21. The predicted molar refractivity (Wildman–Crippen MR) is 123 cm³/mol. The first kappa shape index (κ1) is 20.4. The third-order valence-corrected chi connectivity index (χ3v) is 6.23. The summed E-state index contributed by atoms with van der Waals surface area (Å²) < 4.78 is 13.7. The van der Waals surface area contributed by atoms with Gasteiger partial charge in [-0.1, -0.05) is 30.3 Å². The number of ether oxygens (including phenoxy) is 1. The van der Waals surface area contributed by atoms with Gasteiger partial charge in [-0.15, -0.1) is 5.10 Å². The highest BCUT2D eigenvalue weighted by atomic mass is 16.5. The molecule has 0 spiro atoms. The minimum atomic E-state index is -1.19. The fourth-order valence-corrected chi connectivity index (χ4v) is 4.17. The maximum absolute atomic E-state index is 13.6. The molecular weight excluding hydrogens is 436 g/mol. The van der Waals surface area contributed by atoms with E-state index in [0.29, 0.717) is 53.9 Å². The van der Waals surface area contributed by atoms with Crippen molar-refractivity contribution in [1.29, 1.82) is 0 Å². The summed E-state index contributed by atoms with van der Waals surface area (Å²) >= 11 is 0. The summed E-state index contributed by atoms with van der Waals surface area (Å²) in [6, 6.07) is 13.0. The zero-order valence-electron chi connectivity index (χ0n) is 18.4. The minimum absolute atomic E-state index is 0.122. The molecule has 0 radical (unpaired) electrons. The average Bonchev–Trinajstić information content (AvgIpc) is 3.57. The van der Waals surface area contributed by atoms with Crippen LogP contribution in [0.2, 0.25) is 0 Å². The zero-order chi connectivity index (χ0) is 23.3. The fourth-order valence-electron chi connectivity index (χ4n) is 4.17. The molecule has 0 bridgehead atoms. The molecule has 4 aromatic heterocycles. The molecule has 6 rings (SSSR count). The molecule has 1 saturated heterocycles. The van der Waals surface area contributed by atoms with E-state index in [1.165, 1.54) is 4.52 Å². The van der Waals surface area contributed by atoms with Crippen molar-refractivity contribution >= 4 is 28.5 Å². The van der Waals surface area contributed by atoms with Gasteiger partial charge < -0.3 is 20.2 Å². The summed E-state index contributed by atoms with van der Waals surface area (Å²) in [6.45, 7) is 3.64. The number of carbonyl (C=O) groups is 1. The van der Waals surface area contributed by atoms with E-state index >= 15 is 0 Å². The van der Waals surface area contributed by atoms with Crippen LogP contribution in [-0.4, -0.2) is 55.0 Å². The molecule has 1 fully saturated rings. The Labute approximate surface area is 193 Å². The number of nitrogens with one attached hydrogen (secondary N) is 1. The van der Waals surface area contributed by atoms with E-state index in [-0.39, 0.29) is 11.9 Å². The number of hydrogen-bond donors (Lipinski definition) is 2. The molecule has 1 aromatic carbocycles. The number of nitrogens with zero attached hydrogens (tertiary/aromatic N) is 6. The number of amides is 1. The summed E-state index contributed by atoms with van der Waals surface area (Å²) in [5.41, 5.74) is 6.74. The van der Waals surface area contributed by atoms with Gasteiger partial charge in [-0.05, 0) is 24.6 Å². The van der Waals surface area contributed by atoms with E-state index in [0.717, 1.165) is 5.56 Å². The van der Waals surface area contributed by atoms with Crippen LogP contribution in [0.15, 0.2) is 59.3 Å². The summed E-state index contributed by atoms with van der Waals surface area (Å²) in [5.74, 6) is 1.12. The first-order chi connectivity index (χ1) is 16.6. The molecular formula is C23H22N8O3. The number of nitrogens with two attached hydrogens (primary N) is 1. The minimum Gasteiger partial charge on any atom is -0.461 e. The number of carbonyl (C=O) groups excluding carboxylic acids is 1. The van der Waals surface area contributed by atoms with E-state index in [2.05, 4.69) is 25.5 Å². The molecule has 1 amide bonds. The highest BCUT2D eigenvalue weighted by Crippen LogP contribution is 2.31. The molecule has 34 heavy (non-hydrogen) atoms. The maximum Gasteiger partial charge on any atom is 0.252 e. The van der Waals surface area contributed by atoms with Crippen LogP contribution in [0.1, 0.15) is 12.5 Å². The Balaban J connectivity index is 1.50. The smallest absolute Gasteiger partial charge is 0.252 e. The van der Waals surface area contributed by atoms with E-state index in [1.807, 2.05) is 37.3 Å². The van der Waals surface area contributed by atoms with Gasteiger partial charge in [0.05, 0.1) is 31.1 Å².